The van der Waals surface area contributed by atoms with Crippen LogP contribution < -0.4 is 10.1 Å². The number of amides is 2. The molecule has 1 aliphatic rings. The Hall–Kier alpha value is -3.22. The molecule has 1 N–H and O–H groups in total. The molecule has 0 aliphatic carbocycles. The highest BCUT2D eigenvalue weighted by molar-refractivity contribution is 6.04. The standard InChI is InChI=1S/C20H22N4O3/c1-14-12-16(18(27-2)13-22-14)20(26)21-10-11-24-19(25)9-8-17(23-24)15-6-4-3-5-7-15/h3-7,12-13H,8-11H2,1-2H3,(H,21,26). The van der Waals surface area contributed by atoms with Gasteiger partial charge in [-0.3, -0.25) is 14.6 Å². The minimum absolute atomic E-state index is 0.0405. The van der Waals surface area contributed by atoms with E-state index in [1.165, 1.54) is 18.3 Å². The van der Waals surface area contributed by atoms with E-state index in [1.807, 2.05) is 37.3 Å². The Morgan fingerprint density at radius 1 is 1.26 bits per heavy atom. The topological polar surface area (TPSA) is 83.9 Å². The van der Waals surface area contributed by atoms with E-state index in [0.29, 0.717) is 37.2 Å². The summed E-state index contributed by atoms with van der Waals surface area (Å²) < 4.78 is 5.19. The molecule has 2 aromatic rings. The number of nitrogens with zero attached hydrogens (tertiary/aromatic N) is 3. The number of methoxy groups -OCH3 is 1. The van der Waals surface area contributed by atoms with Crippen molar-refractivity contribution in [3.05, 3.63) is 59.4 Å². The largest absolute Gasteiger partial charge is 0.494 e. The van der Waals surface area contributed by atoms with Crippen LogP contribution in [0, 0.1) is 6.92 Å². The number of nitrogens with one attached hydrogen (secondary N) is 1. The maximum absolute atomic E-state index is 12.4. The Bertz CT molecular complexity index is 865. The minimum Gasteiger partial charge on any atom is -0.494 e. The minimum atomic E-state index is -0.269. The lowest BCUT2D eigenvalue weighted by Crippen LogP contribution is -2.38. The number of aryl methyl sites for hydroxylation is 1. The maximum atomic E-state index is 12.4. The second-order valence-electron chi connectivity index (χ2n) is 6.21. The Morgan fingerprint density at radius 3 is 2.78 bits per heavy atom. The molecular formula is C20H22N4O3. The number of aromatic nitrogens is 1. The molecule has 7 heteroatoms. The predicted octanol–water partition coefficient (Wildman–Crippen LogP) is 2.16. The van der Waals surface area contributed by atoms with E-state index in [1.54, 1.807) is 6.07 Å². The highest BCUT2D eigenvalue weighted by atomic mass is 16.5. The summed E-state index contributed by atoms with van der Waals surface area (Å²) in [5.41, 5.74) is 3.04. The molecule has 27 heavy (non-hydrogen) atoms. The molecule has 0 spiro atoms. The van der Waals surface area contributed by atoms with Crippen LogP contribution in [0.5, 0.6) is 5.75 Å². The molecule has 2 amide bonds. The van der Waals surface area contributed by atoms with Crippen LogP contribution in [-0.2, 0) is 4.79 Å². The van der Waals surface area contributed by atoms with Crippen molar-refractivity contribution >= 4 is 17.5 Å². The maximum Gasteiger partial charge on any atom is 0.255 e. The number of hydrogen-bond acceptors (Lipinski definition) is 5. The zero-order chi connectivity index (χ0) is 19.2. The van der Waals surface area contributed by atoms with Gasteiger partial charge in [0, 0.05) is 25.1 Å². The summed E-state index contributed by atoms with van der Waals surface area (Å²) in [4.78, 5) is 28.7. The van der Waals surface area contributed by atoms with E-state index in [2.05, 4.69) is 15.4 Å². The van der Waals surface area contributed by atoms with Gasteiger partial charge in [-0.05, 0) is 18.6 Å². The number of benzene rings is 1. The molecule has 0 unspecified atom stereocenters. The van der Waals surface area contributed by atoms with E-state index >= 15 is 0 Å². The Kier molecular flexibility index (Phi) is 5.80. The van der Waals surface area contributed by atoms with Crippen LogP contribution >= 0.6 is 0 Å². The van der Waals surface area contributed by atoms with Gasteiger partial charge in [-0.15, -0.1) is 0 Å². The zero-order valence-corrected chi connectivity index (χ0v) is 15.4. The van der Waals surface area contributed by atoms with Crippen LogP contribution in [0.15, 0.2) is 47.7 Å². The van der Waals surface area contributed by atoms with Crippen molar-refractivity contribution in [2.24, 2.45) is 5.10 Å². The molecule has 0 fully saturated rings. The smallest absolute Gasteiger partial charge is 0.255 e. The molecule has 2 heterocycles. The van der Waals surface area contributed by atoms with E-state index in [9.17, 15) is 9.59 Å². The number of ether oxygens (including phenoxy) is 1. The van der Waals surface area contributed by atoms with Gasteiger partial charge in [-0.2, -0.15) is 5.10 Å². The quantitative estimate of drug-likeness (QED) is 0.849. The molecule has 3 rings (SSSR count). The highest BCUT2D eigenvalue weighted by Gasteiger charge is 2.21. The van der Waals surface area contributed by atoms with Crippen molar-refractivity contribution in [1.29, 1.82) is 0 Å². The van der Waals surface area contributed by atoms with Gasteiger partial charge in [0.2, 0.25) is 5.91 Å². The van der Waals surface area contributed by atoms with Gasteiger partial charge in [0.1, 0.15) is 5.75 Å². The molecule has 140 valence electrons. The van der Waals surface area contributed by atoms with Gasteiger partial charge in [0.15, 0.2) is 0 Å². The normalized spacial score (nSPS) is 13.9. The summed E-state index contributed by atoms with van der Waals surface area (Å²) in [5, 5.41) is 8.71. The van der Waals surface area contributed by atoms with Gasteiger partial charge in [-0.25, -0.2) is 5.01 Å². The molecule has 0 atom stereocenters. The number of carbonyl (C=O) groups is 2. The summed E-state index contributed by atoms with van der Waals surface area (Å²) in [6.07, 6.45) is 2.56. The zero-order valence-electron chi connectivity index (χ0n) is 15.4. The van der Waals surface area contributed by atoms with Crippen LogP contribution in [-0.4, -0.2) is 47.7 Å². The van der Waals surface area contributed by atoms with Crippen LogP contribution in [0.25, 0.3) is 0 Å². The van der Waals surface area contributed by atoms with Gasteiger partial charge in [0.05, 0.1) is 31.1 Å². The number of rotatable bonds is 6. The average Bonchev–Trinajstić information content (AvgIpc) is 2.70. The van der Waals surface area contributed by atoms with Crippen molar-refractivity contribution in [3.8, 4) is 5.75 Å². The Morgan fingerprint density at radius 2 is 2.04 bits per heavy atom. The van der Waals surface area contributed by atoms with E-state index < -0.39 is 0 Å². The van der Waals surface area contributed by atoms with Crippen molar-refractivity contribution < 1.29 is 14.3 Å². The third-order valence-corrected chi connectivity index (χ3v) is 4.29. The Labute approximate surface area is 158 Å². The summed E-state index contributed by atoms with van der Waals surface area (Å²) in [6.45, 7) is 2.41. The SMILES string of the molecule is COc1cnc(C)cc1C(=O)NCCN1N=C(c2ccccc2)CCC1=O. The van der Waals surface area contributed by atoms with Gasteiger partial charge >= 0.3 is 0 Å². The summed E-state index contributed by atoms with van der Waals surface area (Å²) in [5.74, 6) is 0.104. The summed E-state index contributed by atoms with van der Waals surface area (Å²) in [7, 11) is 1.50. The molecule has 1 aliphatic heterocycles. The summed E-state index contributed by atoms with van der Waals surface area (Å²) >= 11 is 0. The first-order valence-corrected chi connectivity index (χ1v) is 8.80. The number of pyridine rings is 1. The Balaban J connectivity index is 1.63. The number of hydrazone groups is 1. The lowest BCUT2D eigenvalue weighted by Gasteiger charge is -2.23. The van der Waals surface area contributed by atoms with Gasteiger partial charge in [0.25, 0.3) is 5.91 Å². The second kappa shape index (κ2) is 8.44. The number of hydrogen-bond donors (Lipinski definition) is 1. The third kappa shape index (κ3) is 4.49. The first-order chi connectivity index (χ1) is 13.1. The van der Waals surface area contributed by atoms with E-state index in [4.69, 9.17) is 4.74 Å². The summed E-state index contributed by atoms with van der Waals surface area (Å²) in [6, 6.07) is 11.5. The monoisotopic (exact) mass is 366 g/mol. The lowest BCUT2D eigenvalue weighted by molar-refractivity contribution is -0.131. The van der Waals surface area contributed by atoms with E-state index in [0.717, 1.165) is 17.0 Å². The molecule has 1 aromatic carbocycles. The first kappa shape index (κ1) is 18.6. The van der Waals surface area contributed by atoms with Crippen LogP contribution in [0.2, 0.25) is 0 Å². The molecule has 0 saturated heterocycles. The van der Waals surface area contributed by atoms with Crippen LogP contribution in [0.4, 0.5) is 0 Å². The molecule has 0 saturated carbocycles. The fourth-order valence-electron chi connectivity index (χ4n) is 2.87. The van der Waals surface area contributed by atoms with Crippen molar-refractivity contribution in [2.45, 2.75) is 19.8 Å². The molecule has 0 radical (unpaired) electrons. The fourth-order valence-corrected chi connectivity index (χ4v) is 2.87. The molecule has 0 bridgehead atoms. The first-order valence-electron chi connectivity index (χ1n) is 8.80. The van der Waals surface area contributed by atoms with Crippen molar-refractivity contribution in [2.75, 3.05) is 20.2 Å². The van der Waals surface area contributed by atoms with Gasteiger partial charge < -0.3 is 10.1 Å². The molecular weight excluding hydrogens is 344 g/mol. The van der Waals surface area contributed by atoms with Gasteiger partial charge in [-0.1, -0.05) is 30.3 Å². The second-order valence-corrected chi connectivity index (χ2v) is 6.21. The molecule has 1 aromatic heterocycles. The average molecular weight is 366 g/mol. The van der Waals surface area contributed by atoms with E-state index in [-0.39, 0.29) is 11.8 Å². The van der Waals surface area contributed by atoms with Crippen molar-refractivity contribution in [3.63, 3.8) is 0 Å². The van der Waals surface area contributed by atoms with Crippen molar-refractivity contribution in [1.82, 2.24) is 15.3 Å². The number of carbonyl (C=O) groups excluding carboxylic acids is 2. The van der Waals surface area contributed by atoms with Crippen LogP contribution in [0.1, 0.15) is 34.5 Å². The molecule has 7 nitrogen and oxygen atoms in total. The third-order valence-electron chi connectivity index (χ3n) is 4.29. The lowest BCUT2D eigenvalue weighted by atomic mass is 10.0. The fraction of sp³-hybridized carbons (Fsp3) is 0.300. The highest BCUT2D eigenvalue weighted by Crippen LogP contribution is 2.17. The predicted molar refractivity (Wildman–Crippen MR) is 102 cm³/mol. The van der Waals surface area contributed by atoms with Crippen LogP contribution in [0.3, 0.4) is 0 Å².